The molecule has 0 spiro atoms. The Kier molecular flexibility index (Phi) is 22.6. The molecule has 352 valence electrons. The van der Waals surface area contributed by atoms with Gasteiger partial charge in [-0.1, -0.05) is 0 Å². The number of hydrogen-bond acceptors (Lipinski definition) is 18. The third-order valence-electron chi connectivity index (χ3n) is 8.31. The molecular formula is C36H58ClN7O18. The van der Waals surface area contributed by atoms with Gasteiger partial charge in [0.25, 0.3) is 0 Å². The van der Waals surface area contributed by atoms with Crippen LogP contribution in [0.4, 0.5) is 11.6 Å². The van der Waals surface area contributed by atoms with Crippen molar-refractivity contribution in [3.8, 4) is 0 Å². The van der Waals surface area contributed by atoms with Crippen LogP contribution in [0.1, 0.15) is 86.1 Å². The van der Waals surface area contributed by atoms with E-state index in [0.29, 0.717) is 0 Å². The molecule has 4 rings (SSSR count). The van der Waals surface area contributed by atoms with Gasteiger partial charge in [-0.05, 0) is 53.7 Å². The first-order valence-corrected chi connectivity index (χ1v) is 18.5. The topological polar surface area (TPSA) is 406 Å². The molecule has 13 N–H and O–H groups in total. The summed E-state index contributed by atoms with van der Waals surface area (Å²) in [6.45, 7) is 9.31. The zero-order valence-corrected chi connectivity index (χ0v) is 35.7. The van der Waals surface area contributed by atoms with Crippen molar-refractivity contribution in [2.24, 2.45) is 11.7 Å². The van der Waals surface area contributed by atoms with Crippen molar-refractivity contribution in [1.29, 1.82) is 0 Å². The maximum Gasteiger partial charge on any atom is 0.351 e. The quantitative estimate of drug-likeness (QED) is 0.0894. The fourth-order valence-corrected chi connectivity index (χ4v) is 5.61. The summed E-state index contributed by atoms with van der Waals surface area (Å²) in [7, 11) is 0. The molecule has 0 radical (unpaired) electrons. The van der Waals surface area contributed by atoms with Gasteiger partial charge >= 0.3 is 29.3 Å². The number of aliphatic hydroxyl groups excluding tert-OH is 4. The number of aliphatic carboxylic acids is 1. The number of hydrogen-bond donors (Lipinski definition) is 8. The molecule has 2 fully saturated rings. The minimum absolute atomic E-state index is 0. The summed E-state index contributed by atoms with van der Waals surface area (Å²) >= 11 is 0. The van der Waals surface area contributed by atoms with Crippen molar-refractivity contribution in [1.82, 2.24) is 19.1 Å². The standard InChI is InChI=1S/C23H35N3O9.C13H18N4O7.ClH.2H2O/c1-22(2,3)34-19(30)10-13(20(31)35-23(4,5)6)9-17(29)24-16-7-8-26(21(32)25-16)18-11-14(28)15(12-27)33-18;14-6(12(21)22)3-10(20)15-9-1-2-17(13(23)16-9)11-4-7(19)8(5-18)24-11;;;/h7-8,13-15,18,27-28H,9-12H2,1-6H3,(H,24,25,29,32);1-2,6-8,11,18-19H,3-5,14H2,(H,21,22)(H,15,16,20,23);1H;2*1H2/t13-,14?,15-,18-;6-,7?,8+,11+;;;/m10.../s1. The van der Waals surface area contributed by atoms with Crippen LogP contribution in [0.15, 0.2) is 34.1 Å². The third-order valence-corrected chi connectivity index (χ3v) is 8.31. The van der Waals surface area contributed by atoms with E-state index in [-0.39, 0.29) is 60.9 Å². The van der Waals surface area contributed by atoms with Crippen LogP contribution in [0.3, 0.4) is 0 Å². The molecule has 2 aromatic heterocycles. The van der Waals surface area contributed by atoms with E-state index in [4.69, 9.17) is 34.9 Å². The minimum Gasteiger partial charge on any atom is -0.480 e. The van der Waals surface area contributed by atoms with Gasteiger partial charge in [-0.2, -0.15) is 9.97 Å². The summed E-state index contributed by atoms with van der Waals surface area (Å²) < 4.78 is 23.7. The van der Waals surface area contributed by atoms with Gasteiger partial charge in [-0.3, -0.25) is 33.1 Å². The van der Waals surface area contributed by atoms with Crippen molar-refractivity contribution >= 4 is 53.8 Å². The van der Waals surface area contributed by atoms with Crippen LogP contribution >= 0.6 is 12.4 Å². The number of carbonyl (C=O) groups is 5. The molecule has 0 saturated carbocycles. The summed E-state index contributed by atoms with van der Waals surface area (Å²) in [4.78, 5) is 91.6. The third kappa shape index (κ3) is 17.8. The van der Waals surface area contributed by atoms with Crippen LogP contribution in [-0.2, 0) is 42.9 Å². The minimum atomic E-state index is -1.35. The highest BCUT2D eigenvalue weighted by Gasteiger charge is 2.36. The van der Waals surface area contributed by atoms with Crippen LogP contribution in [0.2, 0.25) is 0 Å². The number of nitrogens with zero attached hydrogens (tertiary/aromatic N) is 4. The fraction of sp³-hybridized carbons (Fsp3) is 0.639. The van der Waals surface area contributed by atoms with E-state index < -0.39 is 121 Å². The zero-order valence-electron chi connectivity index (χ0n) is 34.9. The van der Waals surface area contributed by atoms with E-state index in [1.165, 1.54) is 24.5 Å². The smallest absolute Gasteiger partial charge is 0.351 e. The molecule has 25 nitrogen and oxygen atoms in total. The second kappa shape index (κ2) is 24.6. The Balaban J connectivity index is 0.00000121. The van der Waals surface area contributed by atoms with E-state index in [1.54, 1.807) is 41.5 Å². The Morgan fingerprint density at radius 2 is 1.18 bits per heavy atom. The monoisotopic (exact) mass is 911 g/mol. The average molecular weight is 912 g/mol. The molecule has 26 heteroatoms. The summed E-state index contributed by atoms with van der Waals surface area (Å²) in [5.74, 6) is -5.26. The summed E-state index contributed by atoms with van der Waals surface area (Å²) in [5, 5.41) is 51.1. The number of halogens is 1. The van der Waals surface area contributed by atoms with Crippen LogP contribution in [0.25, 0.3) is 0 Å². The first kappa shape index (κ1) is 57.0. The Morgan fingerprint density at radius 3 is 1.52 bits per heavy atom. The summed E-state index contributed by atoms with van der Waals surface area (Å²) in [5.41, 5.74) is 2.18. The predicted octanol–water partition coefficient (Wildman–Crippen LogP) is -2.70. The van der Waals surface area contributed by atoms with Gasteiger partial charge in [0.15, 0.2) is 0 Å². The largest absolute Gasteiger partial charge is 0.480 e. The van der Waals surface area contributed by atoms with Crippen LogP contribution in [0, 0.1) is 5.92 Å². The molecule has 4 heterocycles. The maximum absolute atomic E-state index is 12.6. The average Bonchev–Trinajstić information content (AvgIpc) is 3.67. The number of nitrogens with one attached hydrogen (secondary N) is 2. The van der Waals surface area contributed by atoms with Crippen LogP contribution in [-0.4, -0.2) is 140 Å². The van der Waals surface area contributed by atoms with E-state index in [9.17, 15) is 48.9 Å². The Labute approximate surface area is 360 Å². The van der Waals surface area contributed by atoms with Gasteiger partial charge < -0.3 is 71.8 Å². The van der Waals surface area contributed by atoms with E-state index in [0.717, 1.165) is 9.13 Å². The van der Waals surface area contributed by atoms with E-state index in [2.05, 4.69) is 20.6 Å². The van der Waals surface area contributed by atoms with E-state index in [1.807, 2.05) is 0 Å². The number of aliphatic hydroxyl groups is 4. The number of amides is 2. The van der Waals surface area contributed by atoms with Crippen molar-refractivity contribution < 1.29 is 79.4 Å². The number of carboxylic acids is 1. The van der Waals surface area contributed by atoms with E-state index >= 15 is 0 Å². The van der Waals surface area contributed by atoms with Gasteiger partial charge in [0.2, 0.25) is 11.8 Å². The molecule has 2 unspecified atom stereocenters. The first-order valence-electron chi connectivity index (χ1n) is 18.5. The predicted molar refractivity (Wildman–Crippen MR) is 217 cm³/mol. The number of esters is 2. The number of anilines is 2. The number of aromatic nitrogens is 4. The molecule has 0 bridgehead atoms. The summed E-state index contributed by atoms with van der Waals surface area (Å²) in [6, 6.07) is 1.33. The number of carbonyl (C=O) groups excluding carboxylic acids is 4. The lowest BCUT2D eigenvalue weighted by Gasteiger charge is -2.25. The van der Waals surface area contributed by atoms with Crippen LogP contribution < -0.4 is 27.7 Å². The highest BCUT2D eigenvalue weighted by Crippen LogP contribution is 2.28. The van der Waals surface area contributed by atoms with Gasteiger partial charge in [0.1, 0.15) is 53.5 Å². The first-order chi connectivity index (χ1) is 27.4. The van der Waals surface area contributed by atoms with Crippen molar-refractivity contribution in [3.63, 3.8) is 0 Å². The second-order valence-corrected chi connectivity index (χ2v) is 15.7. The van der Waals surface area contributed by atoms with Gasteiger partial charge in [-0.25, -0.2) is 9.59 Å². The molecule has 62 heavy (non-hydrogen) atoms. The lowest BCUT2D eigenvalue weighted by Crippen LogP contribution is -2.35. The Bertz CT molecular complexity index is 1930. The second-order valence-electron chi connectivity index (χ2n) is 15.7. The maximum atomic E-state index is 12.6. The van der Waals surface area contributed by atoms with Crippen molar-refractivity contribution in [2.75, 3.05) is 23.8 Å². The van der Waals surface area contributed by atoms with Crippen molar-refractivity contribution in [2.45, 2.75) is 128 Å². The molecule has 2 aliphatic rings. The lowest BCUT2D eigenvalue weighted by molar-refractivity contribution is -0.167. The SMILES string of the molecule is CC(C)(C)OC(=O)C[C@@H](CC(=O)Nc1ccn([C@H]2CC(O)[C@@H](CO)O2)c(=O)n1)C(=O)OC(C)(C)C.Cl.N[C@@H](CC(=O)Nc1ccn([C@H]2CC(O)[C@@H](CO)O2)c(=O)n1)C(=O)O.O.O. The molecule has 2 amide bonds. The highest BCUT2D eigenvalue weighted by atomic mass is 35.5. The number of ether oxygens (including phenoxy) is 4. The Morgan fingerprint density at radius 1 is 0.774 bits per heavy atom. The lowest BCUT2D eigenvalue weighted by atomic mass is 10.00. The van der Waals surface area contributed by atoms with Crippen molar-refractivity contribution in [3.05, 3.63) is 45.5 Å². The highest BCUT2D eigenvalue weighted by molar-refractivity contribution is 5.94. The molecule has 2 aliphatic heterocycles. The fourth-order valence-electron chi connectivity index (χ4n) is 5.61. The Hall–Kier alpha value is -4.96. The molecule has 2 aromatic rings. The van der Waals surface area contributed by atoms with Gasteiger partial charge in [-0.15, -0.1) is 12.4 Å². The number of carboxylic acid groups (broad SMARTS) is 1. The summed E-state index contributed by atoms with van der Waals surface area (Å²) in [6.07, 6.45) is -3.33. The van der Waals surface area contributed by atoms with Gasteiger partial charge in [0, 0.05) is 31.7 Å². The zero-order chi connectivity index (χ0) is 44.4. The molecule has 0 aliphatic carbocycles. The number of rotatable bonds is 14. The number of nitrogens with two attached hydrogens (primary N) is 1. The molecule has 2 saturated heterocycles. The normalized spacial score (nSPS) is 21.5. The molecule has 8 atom stereocenters. The van der Waals surface area contributed by atoms with Crippen LogP contribution in [0.5, 0.6) is 0 Å². The van der Waals surface area contributed by atoms with Gasteiger partial charge in [0.05, 0.1) is 44.2 Å². The molecule has 0 aromatic carbocycles. The molecular weight excluding hydrogens is 854 g/mol.